The summed E-state index contributed by atoms with van der Waals surface area (Å²) in [5, 5.41) is 64.1. The van der Waals surface area contributed by atoms with Gasteiger partial charge in [-0.05, 0) is 0 Å². The summed E-state index contributed by atoms with van der Waals surface area (Å²) in [6.45, 7) is 2.44. The molecule has 0 spiro atoms. The van der Waals surface area contributed by atoms with Crippen molar-refractivity contribution in [3.8, 4) is 0 Å². The van der Waals surface area contributed by atoms with E-state index < -0.39 is 73.9 Å². The molecule has 0 saturated heterocycles. The van der Waals surface area contributed by atoms with Crippen molar-refractivity contribution in [3.63, 3.8) is 0 Å². The predicted molar refractivity (Wildman–Crippen MR) is 138 cm³/mol. The maximum absolute atomic E-state index is 10.6. The van der Waals surface area contributed by atoms with Gasteiger partial charge >= 0.3 is 23.9 Å². The molecule has 0 amide bonds. The van der Waals surface area contributed by atoms with Crippen LogP contribution in [-0.2, 0) is 38.4 Å². The number of aliphatic carboxylic acids is 8. The predicted octanol–water partition coefficient (Wildman–Crippen LogP) is -3.52. The third kappa shape index (κ3) is 116. The van der Waals surface area contributed by atoms with E-state index in [1.54, 1.807) is 0 Å². The average Bonchev–Trinajstić information content (AvgIpc) is 2.69. The molecule has 14 N–H and O–H groups in total. The molecule has 41 heavy (non-hydrogen) atoms. The fourth-order valence-electron chi connectivity index (χ4n) is 1.48. The van der Waals surface area contributed by atoms with Crippen molar-refractivity contribution in [2.24, 2.45) is 17.2 Å². The number of rotatable bonds is 12. The third-order valence-corrected chi connectivity index (χ3v) is 2.44. The lowest BCUT2D eigenvalue weighted by Gasteiger charge is -2.23. The Morgan fingerprint density at radius 2 is 0.610 bits per heavy atom. The van der Waals surface area contributed by atoms with Crippen LogP contribution in [0.4, 0.5) is 0 Å². The average molecular weight is 608 g/mol. The Morgan fingerprint density at radius 3 is 0.683 bits per heavy atom. The number of hydrogen-bond donors (Lipinski definition) is 11. The summed E-state index contributed by atoms with van der Waals surface area (Å²) < 4.78 is 0. The van der Waals surface area contributed by atoms with Gasteiger partial charge in [-0.2, -0.15) is 0 Å². The van der Waals surface area contributed by atoms with Gasteiger partial charge in [0.1, 0.15) is 0 Å². The molecule has 0 fully saturated rings. The third-order valence-electron chi connectivity index (χ3n) is 2.44. The zero-order valence-electron chi connectivity index (χ0n) is 23.0. The number of nitrogens with zero attached hydrogens (tertiary/aromatic N) is 2. The second kappa shape index (κ2) is 33.6. The van der Waals surface area contributed by atoms with E-state index in [9.17, 15) is 19.2 Å². The minimum atomic E-state index is -1.23. The fourth-order valence-corrected chi connectivity index (χ4v) is 1.48. The number of hydrogen-bond acceptors (Lipinski definition) is 13. The molecule has 21 heteroatoms. The van der Waals surface area contributed by atoms with Crippen LogP contribution in [0.5, 0.6) is 0 Å². The molecule has 0 atom stereocenters. The fraction of sp³-hybridized carbons (Fsp3) is 0.600. The minimum absolute atomic E-state index is 0.0703. The molecule has 0 unspecified atom stereocenters. The van der Waals surface area contributed by atoms with Gasteiger partial charge in [-0.25, -0.2) is 0 Å². The van der Waals surface area contributed by atoms with Gasteiger partial charge in [0, 0.05) is 47.3 Å². The van der Waals surface area contributed by atoms with Gasteiger partial charge in [0.2, 0.25) is 0 Å². The first-order valence-electron chi connectivity index (χ1n) is 10.7. The van der Waals surface area contributed by atoms with Crippen LogP contribution < -0.4 is 17.2 Å². The van der Waals surface area contributed by atoms with Crippen molar-refractivity contribution in [2.75, 3.05) is 45.8 Å². The van der Waals surface area contributed by atoms with Crippen molar-refractivity contribution in [2.45, 2.75) is 33.9 Å². The molecule has 0 radical (unpaired) electrons. The van der Waals surface area contributed by atoms with E-state index in [0.717, 1.165) is 37.5 Å². The minimum Gasteiger partial charge on any atom is -0.481 e. The Bertz CT molecular complexity index is 660. The van der Waals surface area contributed by atoms with Gasteiger partial charge in [0.15, 0.2) is 0 Å². The molecule has 0 saturated carbocycles. The zero-order chi connectivity index (χ0) is 34.3. The van der Waals surface area contributed by atoms with E-state index in [1.807, 2.05) is 0 Å². The highest BCUT2D eigenvalue weighted by molar-refractivity contribution is 5.73. The van der Waals surface area contributed by atoms with Gasteiger partial charge in [0.25, 0.3) is 23.9 Å². The monoisotopic (exact) mass is 607 g/mol. The summed E-state index contributed by atoms with van der Waals surface area (Å²) in [7, 11) is 0. The van der Waals surface area contributed by atoms with Gasteiger partial charge in [-0.15, -0.1) is 0 Å². The number of nitrogens with two attached hydrogens (primary N) is 3. The van der Waals surface area contributed by atoms with E-state index in [2.05, 4.69) is 0 Å². The molecular weight excluding hydrogens is 566 g/mol. The van der Waals surface area contributed by atoms with E-state index in [0.29, 0.717) is 6.54 Å². The molecule has 0 aromatic carbocycles. The maximum atomic E-state index is 10.6. The van der Waals surface area contributed by atoms with E-state index >= 15 is 0 Å². The molecule has 0 heterocycles. The van der Waals surface area contributed by atoms with Gasteiger partial charge < -0.3 is 58.1 Å². The normalized spacial score (nSPS) is 8.83. The van der Waals surface area contributed by atoms with Crippen molar-refractivity contribution in [1.82, 2.24) is 9.80 Å². The van der Waals surface area contributed by atoms with Gasteiger partial charge in [-0.3, -0.25) is 48.2 Å². The summed E-state index contributed by atoms with van der Waals surface area (Å²) in [5.41, 5.74) is 14.8. The maximum Gasteiger partial charge on any atom is 0.317 e. The Kier molecular flexibility index (Phi) is 40.6. The molecule has 0 aliphatic heterocycles. The van der Waals surface area contributed by atoms with Crippen LogP contribution in [0.25, 0.3) is 0 Å². The largest absolute Gasteiger partial charge is 0.481 e. The van der Waals surface area contributed by atoms with Crippen molar-refractivity contribution >= 4 is 47.8 Å². The Balaban J connectivity index is -0.000000117. The van der Waals surface area contributed by atoms with Crippen LogP contribution in [0.2, 0.25) is 0 Å². The van der Waals surface area contributed by atoms with Crippen molar-refractivity contribution < 1.29 is 79.2 Å². The molecule has 0 aliphatic carbocycles. The van der Waals surface area contributed by atoms with Gasteiger partial charge in [-0.1, -0.05) is 0 Å². The van der Waals surface area contributed by atoms with Crippen molar-refractivity contribution in [1.29, 1.82) is 0 Å². The van der Waals surface area contributed by atoms with Crippen molar-refractivity contribution in [3.05, 3.63) is 0 Å². The van der Waals surface area contributed by atoms with E-state index in [4.69, 9.17) is 77.2 Å². The highest BCUT2D eigenvalue weighted by Gasteiger charge is 2.18. The molecule has 0 aromatic rings. The summed E-state index contributed by atoms with van der Waals surface area (Å²) in [6, 6.07) is 0. The molecule has 21 nitrogen and oxygen atoms in total. The van der Waals surface area contributed by atoms with Gasteiger partial charge in [0.05, 0.1) is 32.3 Å². The summed E-state index contributed by atoms with van der Waals surface area (Å²) in [6.07, 6.45) is -0.338. The Morgan fingerprint density at radius 1 is 0.488 bits per heavy atom. The number of carboxylic acids is 8. The van der Waals surface area contributed by atoms with E-state index in [1.165, 1.54) is 0 Å². The van der Waals surface area contributed by atoms with Crippen LogP contribution in [0.15, 0.2) is 0 Å². The summed E-state index contributed by atoms with van der Waals surface area (Å²) in [4.78, 5) is 80.4. The first-order valence-corrected chi connectivity index (χ1v) is 10.7. The lowest BCUT2D eigenvalue weighted by atomic mass is 10.4. The number of carbonyl (C=O) groups is 8. The lowest BCUT2D eigenvalue weighted by Crippen LogP contribution is -2.43. The Labute approximate surface area is 234 Å². The topological polar surface area (TPSA) is 383 Å². The first kappa shape index (κ1) is 49.5. The molecule has 0 aromatic heterocycles. The van der Waals surface area contributed by atoms with Crippen LogP contribution in [-0.4, -0.2) is 150 Å². The smallest absolute Gasteiger partial charge is 0.317 e. The quantitative estimate of drug-likeness (QED) is 0.0957. The molecule has 0 rings (SSSR count). The van der Waals surface area contributed by atoms with Crippen LogP contribution in [0.3, 0.4) is 0 Å². The lowest BCUT2D eigenvalue weighted by molar-refractivity contribution is -0.145. The molecular formula is C20H41N5O16. The highest BCUT2D eigenvalue weighted by atomic mass is 16.4. The number of carboxylic acid groups (broad SMARTS) is 8. The molecule has 0 bridgehead atoms. The first-order chi connectivity index (χ1) is 18.4. The zero-order valence-corrected chi connectivity index (χ0v) is 23.0. The SMILES string of the molecule is CC(=O)O.CC(=O)O.CC(=O)O.CC(=O)O.NCC(N)N.O=C(O)CN(CCN(CC(=O)O)CC(=O)O)CC(=O)O. The standard InChI is InChI=1S/C10H16N2O8.C2H9N3.4C2H4O2/c13-7(14)3-11(4-8(15)16)1-2-12(5-9(17)18)6-10(19)20;3-1-2(4)5;4*1-2(3)4/h1-6H2,(H,13,14)(H,15,16)(H,17,18)(H,19,20);2H,1,3-5H2;4*1H3,(H,3,4). The van der Waals surface area contributed by atoms with Crippen LogP contribution in [0, 0.1) is 0 Å². The van der Waals surface area contributed by atoms with Crippen LogP contribution in [0.1, 0.15) is 27.7 Å². The molecule has 0 aliphatic rings. The Hall–Kier alpha value is -4.44. The van der Waals surface area contributed by atoms with Crippen LogP contribution >= 0.6 is 0 Å². The summed E-state index contributed by atoms with van der Waals surface area (Å²) >= 11 is 0. The second-order valence-electron chi connectivity index (χ2n) is 6.97. The second-order valence-corrected chi connectivity index (χ2v) is 6.97. The molecule has 242 valence electrons. The van der Waals surface area contributed by atoms with E-state index in [-0.39, 0.29) is 19.3 Å². The summed E-state index contributed by atoms with van der Waals surface area (Å²) in [5.74, 6) is -8.24. The highest BCUT2D eigenvalue weighted by Crippen LogP contribution is 1.94.